The monoisotopic (exact) mass is 356 g/mol. The van der Waals surface area contributed by atoms with Gasteiger partial charge in [0.2, 0.25) is 0 Å². The molecule has 0 N–H and O–H groups in total. The second-order valence-corrected chi connectivity index (χ2v) is 6.57. The summed E-state index contributed by atoms with van der Waals surface area (Å²) in [6.45, 7) is 9.82. The Hall–Kier alpha value is -2.11. The van der Waals surface area contributed by atoms with Crippen molar-refractivity contribution < 1.29 is 14.3 Å². The summed E-state index contributed by atoms with van der Waals surface area (Å²) >= 11 is 0. The topological polar surface area (TPSA) is 43.7 Å². The van der Waals surface area contributed by atoms with Crippen LogP contribution in [-0.2, 0) is 16.0 Å². The van der Waals surface area contributed by atoms with Gasteiger partial charge in [0.05, 0.1) is 25.4 Å². The van der Waals surface area contributed by atoms with Gasteiger partial charge >= 0.3 is 5.97 Å². The maximum atomic E-state index is 12.3. The number of esters is 1. The second kappa shape index (κ2) is 9.01. The number of rotatable bonds is 7. The summed E-state index contributed by atoms with van der Waals surface area (Å²) in [7, 11) is 0. The van der Waals surface area contributed by atoms with Gasteiger partial charge in [-0.3, -0.25) is 4.90 Å². The number of carbonyl (C=O) groups is 1. The number of hydrogen-bond donors (Lipinski definition) is 0. The fourth-order valence-electron chi connectivity index (χ4n) is 3.47. The van der Waals surface area contributed by atoms with E-state index in [-0.39, 0.29) is 5.97 Å². The second-order valence-electron chi connectivity index (χ2n) is 6.57. The molecular weight excluding hydrogens is 328 g/mol. The van der Waals surface area contributed by atoms with Gasteiger partial charge in [-0.05, 0) is 31.9 Å². The van der Waals surface area contributed by atoms with Gasteiger partial charge in [0.15, 0.2) is 0 Å². The Bertz CT molecular complexity index is 718. The standard InChI is InChI=1S/C21H28N2O3/c1-3-26-21(24)19-16-20(18-8-5-4-6-9-18)23(17(19)2)11-7-10-22-12-14-25-15-13-22/h4-6,8-9,16H,3,7,10-15H2,1-2H3. The first-order valence-electron chi connectivity index (χ1n) is 9.43. The van der Waals surface area contributed by atoms with Crippen LogP contribution in [0.15, 0.2) is 36.4 Å². The predicted octanol–water partition coefficient (Wildman–Crippen LogP) is 3.36. The van der Waals surface area contributed by atoms with E-state index >= 15 is 0 Å². The lowest BCUT2D eigenvalue weighted by Gasteiger charge is -2.26. The average Bonchev–Trinajstić information content (AvgIpc) is 3.00. The van der Waals surface area contributed by atoms with Crippen molar-refractivity contribution in [3.05, 3.63) is 47.7 Å². The molecule has 1 aromatic heterocycles. The Labute approximate surface area is 155 Å². The van der Waals surface area contributed by atoms with Crippen LogP contribution < -0.4 is 0 Å². The maximum Gasteiger partial charge on any atom is 0.339 e. The van der Waals surface area contributed by atoms with Gasteiger partial charge in [0.1, 0.15) is 0 Å². The quantitative estimate of drug-likeness (QED) is 0.714. The van der Waals surface area contributed by atoms with E-state index in [1.165, 1.54) is 0 Å². The summed E-state index contributed by atoms with van der Waals surface area (Å²) in [4.78, 5) is 14.8. The van der Waals surface area contributed by atoms with Crippen LogP contribution >= 0.6 is 0 Å². The predicted molar refractivity (Wildman–Crippen MR) is 102 cm³/mol. The zero-order chi connectivity index (χ0) is 18.4. The highest BCUT2D eigenvalue weighted by atomic mass is 16.5. The van der Waals surface area contributed by atoms with Gasteiger partial charge in [0, 0.05) is 37.6 Å². The van der Waals surface area contributed by atoms with Crippen molar-refractivity contribution in [3.8, 4) is 11.3 Å². The molecule has 0 atom stereocenters. The average molecular weight is 356 g/mol. The van der Waals surface area contributed by atoms with Crippen molar-refractivity contribution in [3.63, 3.8) is 0 Å². The smallest absolute Gasteiger partial charge is 0.339 e. The summed E-state index contributed by atoms with van der Waals surface area (Å²) < 4.78 is 12.9. The third-order valence-electron chi connectivity index (χ3n) is 4.89. The van der Waals surface area contributed by atoms with Gasteiger partial charge in [-0.15, -0.1) is 0 Å². The first-order chi connectivity index (χ1) is 12.7. The molecule has 140 valence electrons. The number of morpholine rings is 1. The molecule has 1 aliphatic heterocycles. The maximum absolute atomic E-state index is 12.3. The van der Waals surface area contributed by atoms with Crippen LogP contribution in [0.3, 0.4) is 0 Å². The summed E-state index contributed by atoms with van der Waals surface area (Å²) in [5, 5.41) is 0. The Morgan fingerprint density at radius 3 is 2.58 bits per heavy atom. The largest absolute Gasteiger partial charge is 0.462 e. The van der Waals surface area contributed by atoms with Crippen LogP contribution in [-0.4, -0.2) is 54.9 Å². The van der Waals surface area contributed by atoms with Gasteiger partial charge in [-0.2, -0.15) is 0 Å². The van der Waals surface area contributed by atoms with E-state index in [4.69, 9.17) is 9.47 Å². The van der Waals surface area contributed by atoms with Gasteiger partial charge in [0.25, 0.3) is 0 Å². The summed E-state index contributed by atoms with van der Waals surface area (Å²) in [5.41, 5.74) is 3.84. The van der Waals surface area contributed by atoms with Crippen molar-refractivity contribution in [2.45, 2.75) is 26.8 Å². The zero-order valence-corrected chi connectivity index (χ0v) is 15.7. The van der Waals surface area contributed by atoms with Gasteiger partial charge in [-0.25, -0.2) is 4.79 Å². The molecule has 1 aromatic carbocycles. The van der Waals surface area contributed by atoms with Crippen LogP contribution in [0.25, 0.3) is 11.3 Å². The third kappa shape index (κ3) is 4.34. The molecule has 3 rings (SSSR count). The Morgan fingerprint density at radius 1 is 1.15 bits per heavy atom. The minimum absolute atomic E-state index is 0.242. The lowest BCUT2D eigenvalue weighted by atomic mass is 10.1. The molecule has 26 heavy (non-hydrogen) atoms. The van der Waals surface area contributed by atoms with E-state index in [2.05, 4.69) is 21.6 Å². The molecule has 1 saturated heterocycles. The fraction of sp³-hybridized carbons (Fsp3) is 0.476. The lowest BCUT2D eigenvalue weighted by molar-refractivity contribution is 0.0369. The van der Waals surface area contributed by atoms with E-state index in [0.717, 1.165) is 62.8 Å². The van der Waals surface area contributed by atoms with Gasteiger partial charge < -0.3 is 14.0 Å². The lowest BCUT2D eigenvalue weighted by Crippen LogP contribution is -2.37. The number of nitrogens with zero attached hydrogens (tertiary/aromatic N) is 2. The molecule has 5 heteroatoms. The molecule has 5 nitrogen and oxygen atoms in total. The zero-order valence-electron chi connectivity index (χ0n) is 15.7. The van der Waals surface area contributed by atoms with E-state index in [0.29, 0.717) is 12.2 Å². The molecule has 1 aliphatic rings. The minimum Gasteiger partial charge on any atom is -0.462 e. The molecule has 0 radical (unpaired) electrons. The highest BCUT2D eigenvalue weighted by Crippen LogP contribution is 2.27. The Morgan fingerprint density at radius 2 is 1.88 bits per heavy atom. The summed E-state index contributed by atoms with van der Waals surface area (Å²) in [6.07, 6.45) is 1.04. The summed E-state index contributed by atoms with van der Waals surface area (Å²) in [5.74, 6) is -0.242. The molecule has 0 bridgehead atoms. The van der Waals surface area contributed by atoms with Crippen LogP contribution in [0.5, 0.6) is 0 Å². The summed E-state index contributed by atoms with van der Waals surface area (Å²) in [6, 6.07) is 12.2. The number of carbonyl (C=O) groups excluding carboxylic acids is 1. The van der Waals surface area contributed by atoms with Gasteiger partial charge in [-0.1, -0.05) is 30.3 Å². The van der Waals surface area contributed by atoms with Crippen molar-refractivity contribution in [1.29, 1.82) is 0 Å². The molecule has 0 aliphatic carbocycles. The number of hydrogen-bond acceptors (Lipinski definition) is 4. The highest BCUT2D eigenvalue weighted by molar-refractivity contribution is 5.92. The van der Waals surface area contributed by atoms with Crippen LogP contribution in [0, 0.1) is 6.92 Å². The van der Waals surface area contributed by atoms with E-state index < -0.39 is 0 Å². The molecule has 0 spiro atoms. The van der Waals surface area contributed by atoms with Crippen molar-refractivity contribution in [2.24, 2.45) is 0 Å². The molecule has 2 aromatic rings. The first kappa shape index (κ1) is 18.7. The van der Waals surface area contributed by atoms with Crippen molar-refractivity contribution in [2.75, 3.05) is 39.5 Å². The van der Waals surface area contributed by atoms with Crippen LogP contribution in [0.1, 0.15) is 29.4 Å². The SMILES string of the molecule is CCOC(=O)c1cc(-c2ccccc2)n(CCCN2CCOCC2)c1C. The molecule has 0 saturated carbocycles. The normalized spacial score (nSPS) is 15.2. The highest BCUT2D eigenvalue weighted by Gasteiger charge is 2.19. The molecule has 1 fully saturated rings. The van der Waals surface area contributed by atoms with E-state index in [1.54, 1.807) is 0 Å². The molecule has 0 amide bonds. The minimum atomic E-state index is -0.242. The molecule has 0 unspecified atom stereocenters. The Kier molecular flexibility index (Phi) is 6.47. The number of ether oxygens (including phenoxy) is 2. The number of benzene rings is 1. The first-order valence-corrected chi connectivity index (χ1v) is 9.43. The van der Waals surface area contributed by atoms with Crippen LogP contribution in [0.4, 0.5) is 0 Å². The molecule has 2 heterocycles. The van der Waals surface area contributed by atoms with Crippen molar-refractivity contribution in [1.82, 2.24) is 9.47 Å². The van der Waals surface area contributed by atoms with E-state index in [1.807, 2.05) is 38.1 Å². The Balaban J connectivity index is 1.80. The fourth-order valence-corrected chi connectivity index (χ4v) is 3.47. The number of aromatic nitrogens is 1. The molecular formula is C21H28N2O3. The van der Waals surface area contributed by atoms with Crippen LogP contribution in [0.2, 0.25) is 0 Å². The van der Waals surface area contributed by atoms with E-state index in [9.17, 15) is 4.79 Å². The van der Waals surface area contributed by atoms with Crippen molar-refractivity contribution >= 4 is 5.97 Å². The third-order valence-corrected chi connectivity index (χ3v) is 4.89.